The molecular formula is C34H54N6O. The Kier molecular flexibility index (Phi) is 10.4. The van der Waals surface area contributed by atoms with Gasteiger partial charge in [-0.1, -0.05) is 69.2 Å². The number of hydrogen-bond donors (Lipinski definition) is 2. The van der Waals surface area contributed by atoms with Gasteiger partial charge in [0.25, 0.3) is 0 Å². The van der Waals surface area contributed by atoms with Gasteiger partial charge in [-0.25, -0.2) is 4.68 Å². The number of rotatable bonds is 10. The molecule has 0 bridgehead atoms. The van der Waals surface area contributed by atoms with Gasteiger partial charge in [-0.3, -0.25) is 4.79 Å². The maximum Gasteiger partial charge on any atom is 0.228 e. The minimum Gasteiger partial charge on any atom is -0.353 e. The minimum atomic E-state index is -0.166. The summed E-state index contributed by atoms with van der Waals surface area (Å²) in [7, 11) is 4.21. The molecule has 5 rings (SSSR count). The highest BCUT2D eigenvalue weighted by Gasteiger charge is 2.43. The Balaban J connectivity index is 1.54. The zero-order chi connectivity index (χ0) is 28.8. The van der Waals surface area contributed by atoms with Crippen molar-refractivity contribution in [3.05, 3.63) is 47.2 Å². The van der Waals surface area contributed by atoms with Crippen molar-refractivity contribution in [2.24, 2.45) is 0 Å². The first-order valence-electron chi connectivity index (χ1n) is 16.5. The summed E-state index contributed by atoms with van der Waals surface area (Å²) in [6.45, 7) is 7.37. The van der Waals surface area contributed by atoms with E-state index in [9.17, 15) is 4.79 Å². The quantitative estimate of drug-likeness (QED) is 0.355. The standard InChI is InChI=1S/C34H54N6O/c1-25(2)40-34-31(23-36-40)30(33(41)37-28-17-18-28)22-32(39(34)29-15-10-8-6-5-7-9-11-16-29)27-14-12-13-26(21-27)24-38(4)20-19-35-3/h12-14,21,23,25,28-30,32,35H,5-11,15-20,22,24H2,1-4H3,(H,37,41). The van der Waals surface area contributed by atoms with Crippen LogP contribution in [0.1, 0.15) is 126 Å². The summed E-state index contributed by atoms with van der Waals surface area (Å²) in [5.41, 5.74) is 3.82. The van der Waals surface area contributed by atoms with Crippen LogP contribution in [0, 0.1) is 0 Å². The second-order valence-corrected chi connectivity index (χ2v) is 13.2. The molecule has 0 spiro atoms. The Morgan fingerprint density at radius 3 is 2.41 bits per heavy atom. The van der Waals surface area contributed by atoms with Gasteiger partial charge in [0, 0.05) is 43.3 Å². The van der Waals surface area contributed by atoms with E-state index in [0.29, 0.717) is 12.1 Å². The van der Waals surface area contributed by atoms with Gasteiger partial charge in [0.2, 0.25) is 5.91 Å². The number of nitrogens with zero attached hydrogens (tertiary/aromatic N) is 4. The highest BCUT2D eigenvalue weighted by atomic mass is 16.2. The molecular weight excluding hydrogens is 508 g/mol. The molecule has 1 aromatic heterocycles. The molecule has 0 saturated heterocycles. The molecule has 41 heavy (non-hydrogen) atoms. The lowest BCUT2D eigenvalue weighted by Crippen LogP contribution is -2.46. The number of carbonyl (C=O) groups excluding carboxylic acids is 1. The summed E-state index contributed by atoms with van der Waals surface area (Å²) in [6.07, 6.45) is 16.8. The predicted octanol–water partition coefficient (Wildman–Crippen LogP) is 6.32. The largest absolute Gasteiger partial charge is 0.353 e. The maximum atomic E-state index is 13.8. The lowest BCUT2D eigenvalue weighted by atomic mass is 9.82. The summed E-state index contributed by atoms with van der Waals surface area (Å²) in [4.78, 5) is 18.9. The van der Waals surface area contributed by atoms with E-state index in [4.69, 9.17) is 5.10 Å². The topological polar surface area (TPSA) is 65.4 Å². The fourth-order valence-corrected chi connectivity index (χ4v) is 7.03. The van der Waals surface area contributed by atoms with Gasteiger partial charge in [0.15, 0.2) is 0 Å². The van der Waals surface area contributed by atoms with Crippen molar-refractivity contribution in [2.45, 2.75) is 128 Å². The minimum absolute atomic E-state index is 0.155. The molecule has 2 saturated carbocycles. The molecule has 1 aliphatic heterocycles. The van der Waals surface area contributed by atoms with Crippen molar-refractivity contribution >= 4 is 11.7 Å². The van der Waals surface area contributed by atoms with Gasteiger partial charge < -0.3 is 20.4 Å². The van der Waals surface area contributed by atoms with Crippen molar-refractivity contribution in [3.8, 4) is 0 Å². The van der Waals surface area contributed by atoms with E-state index in [1.807, 2.05) is 13.2 Å². The van der Waals surface area contributed by atoms with Crippen molar-refractivity contribution in [2.75, 3.05) is 32.1 Å². The van der Waals surface area contributed by atoms with Crippen LogP contribution in [0.25, 0.3) is 0 Å². The van der Waals surface area contributed by atoms with E-state index >= 15 is 0 Å². The Morgan fingerprint density at radius 1 is 1.05 bits per heavy atom. The lowest BCUT2D eigenvalue weighted by molar-refractivity contribution is -0.123. The molecule has 7 nitrogen and oxygen atoms in total. The molecule has 2 fully saturated rings. The predicted molar refractivity (Wildman–Crippen MR) is 168 cm³/mol. The smallest absolute Gasteiger partial charge is 0.228 e. The fourth-order valence-electron chi connectivity index (χ4n) is 7.03. The molecule has 2 heterocycles. The molecule has 226 valence electrons. The molecule has 2 aliphatic carbocycles. The molecule has 2 aromatic rings. The van der Waals surface area contributed by atoms with Crippen LogP contribution >= 0.6 is 0 Å². The third-order valence-corrected chi connectivity index (χ3v) is 9.44. The van der Waals surface area contributed by atoms with Gasteiger partial charge in [-0.15, -0.1) is 0 Å². The van der Waals surface area contributed by atoms with Crippen LogP contribution in [-0.2, 0) is 11.3 Å². The number of hydrogen-bond acceptors (Lipinski definition) is 5. The van der Waals surface area contributed by atoms with E-state index in [-0.39, 0.29) is 23.9 Å². The van der Waals surface area contributed by atoms with Crippen LogP contribution in [0.3, 0.4) is 0 Å². The number of benzene rings is 1. The SMILES string of the molecule is CNCCN(C)Cc1cccc(C2CC(C(=O)NC3CC3)c3cnn(C(C)C)c3N2C2CCCCCCCCC2)c1. The Bertz CT molecular complexity index is 1110. The number of amides is 1. The third kappa shape index (κ3) is 7.53. The number of fused-ring (bicyclic) bond motifs is 1. The Morgan fingerprint density at radius 2 is 1.76 bits per heavy atom. The van der Waals surface area contributed by atoms with Crippen LogP contribution in [0.2, 0.25) is 0 Å². The highest BCUT2D eigenvalue weighted by molar-refractivity contribution is 5.86. The summed E-state index contributed by atoms with van der Waals surface area (Å²) in [5.74, 6) is 1.22. The van der Waals surface area contributed by atoms with E-state index in [2.05, 4.69) is 70.3 Å². The first-order chi connectivity index (χ1) is 20.0. The van der Waals surface area contributed by atoms with Crippen molar-refractivity contribution < 1.29 is 4.79 Å². The fraction of sp³-hybridized carbons (Fsp3) is 0.706. The molecule has 2 unspecified atom stereocenters. The Labute approximate surface area is 248 Å². The zero-order valence-electron chi connectivity index (χ0n) is 26.1. The number of nitrogens with one attached hydrogen (secondary N) is 2. The maximum absolute atomic E-state index is 13.8. The van der Waals surface area contributed by atoms with Crippen LogP contribution < -0.4 is 15.5 Å². The average Bonchev–Trinajstić information content (AvgIpc) is 3.67. The van der Waals surface area contributed by atoms with Crippen LogP contribution in [0.15, 0.2) is 30.5 Å². The van der Waals surface area contributed by atoms with Crippen LogP contribution in [0.4, 0.5) is 5.82 Å². The lowest BCUT2D eigenvalue weighted by Gasteiger charge is -2.46. The molecule has 3 aliphatic rings. The van der Waals surface area contributed by atoms with Crippen molar-refractivity contribution in [3.63, 3.8) is 0 Å². The van der Waals surface area contributed by atoms with Gasteiger partial charge in [0.05, 0.1) is 18.2 Å². The molecule has 1 aromatic carbocycles. The second kappa shape index (κ2) is 14.2. The van der Waals surface area contributed by atoms with Gasteiger partial charge in [0.1, 0.15) is 5.82 Å². The monoisotopic (exact) mass is 562 g/mol. The van der Waals surface area contributed by atoms with E-state index < -0.39 is 0 Å². The van der Waals surface area contributed by atoms with E-state index in [1.165, 1.54) is 74.7 Å². The summed E-state index contributed by atoms with van der Waals surface area (Å²) < 4.78 is 2.22. The number of carbonyl (C=O) groups is 1. The van der Waals surface area contributed by atoms with E-state index in [0.717, 1.165) is 44.5 Å². The van der Waals surface area contributed by atoms with Gasteiger partial charge in [-0.2, -0.15) is 5.10 Å². The van der Waals surface area contributed by atoms with Crippen LogP contribution in [-0.4, -0.2) is 59.9 Å². The summed E-state index contributed by atoms with van der Waals surface area (Å²) >= 11 is 0. The van der Waals surface area contributed by atoms with E-state index in [1.54, 1.807) is 0 Å². The third-order valence-electron chi connectivity index (χ3n) is 9.44. The molecule has 2 N–H and O–H groups in total. The number of anilines is 1. The number of likely N-dealkylation sites (N-methyl/N-ethyl adjacent to an activating group) is 2. The van der Waals surface area contributed by atoms with Gasteiger partial charge >= 0.3 is 0 Å². The zero-order valence-corrected chi connectivity index (χ0v) is 26.1. The summed E-state index contributed by atoms with van der Waals surface area (Å²) in [5, 5.41) is 11.6. The first kappa shape index (κ1) is 30.1. The number of aromatic nitrogens is 2. The molecule has 7 heteroatoms. The highest BCUT2D eigenvalue weighted by Crippen LogP contribution is 2.48. The molecule has 1 amide bonds. The van der Waals surface area contributed by atoms with Crippen molar-refractivity contribution in [1.29, 1.82) is 0 Å². The van der Waals surface area contributed by atoms with Crippen molar-refractivity contribution in [1.82, 2.24) is 25.3 Å². The second-order valence-electron chi connectivity index (χ2n) is 13.2. The van der Waals surface area contributed by atoms with Crippen LogP contribution in [0.5, 0.6) is 0 Å². The normalized spacial score (nSPS) is 22.6. The average molecular weight is 563 g/mol. The molecule has 0 radical (unpaired) electrons. The Hall–Kier alpha value is -2.38. The molecule has 2 atom stereocenters. The van der Waals surface area contributed by atoms with Gasteiger partial charge in [-0.05, 0) is 71.2 Å². The first-order valence-corrected chi connectivity index (χ1v) is 16.5. The summed E-state index contributed by atoms with van der Waals surface area (Å²) in [6, 6.07) is 10.4.